The van der Waals surface area contributed by atoms with Crippen LogP contribution in [0.15, 0.2) is 23.1 Å². The number of rotatable bonds is 7. The molecule has 0 aliphatic heterocycles. The molecule has 0 fully saturated rings. The van der Waals surface area contributed by atoms with Crippen molar-refractivity contribution in [2.24, 2.45) is 5.92 Å². The summed E-state index contributed by atoms with van der Waals surface area (Å²) in [6.45, 7) is 11.1. The highest BCUT2D eigenvalue weighted by Gasteiger charge is 2.18. The predicted molar refractivity (Wildman–Crippen MR) is 83.2 cm³/mol. The van der Waals surface area contributed by atoms with Crippen LogP contribution in [-0.2, 0) is 16.6 Å². The van der Waals surface area contributed by atoms with E-state index in [2.05, 4.69) is 23.9 Å². The summed E-state index contributed by atoms with van der Waals surface area (Å²) in [5, 5.41) is 3.32. The van der Waals surface area contributed by atoms with E-state index in [4.69, 9.17) is 0 Å². The maximum atomic E-state index is 12.3. The van der Waals surface area contributed by atoms with Crippen LogP contribution < -0.4 is 10.0 Å². The largest absolute Gasteiger partial charge is 0.310 e. The summed E-state index contributed by atoms with van der Waals surface area (Å²) in [6, 6.07) is 5.80. The number of hydrogen-bond acceptors (Lipinski definition) is 3. The molecule has 0 heterocycles. The molecule has 5 heteroatoms. The number of benzene rings is 1. The fourth-order valence-electron chi connectivity index (χ4n) is 1.81. The molecular weight excluding hydrogens is 272 g/mol. The Kier molecular flexibility index (Phi) is 6.17. The predicted octanol–water partition coefficient (Wildman–Crippen LogP) is 2.43. The van der Waals surface area contributed by atoms with Gasteiger partial charge >= 0.3 is 0 Å². The molecule has 1 aromatic carbocycles. The van der Waals surface area contributed by atoms with Crippen molar-refractivity contribution in [3.8, 4) is 0 Å². The Morgan fingerprint density at radius 1 is 1.15 bits per heavy atom. The fourth-order valence-corrected chi connectivity index (χ4v) is 3.31. The zero-order chi connectivity index (χ0) is 15.3. The minimum absolute atomic E-state index is 0.288. The van der Waals surface area contributed by atoms with Crippen molar-refractivity contribution in [2.45, 2.75) is 52.1 Å². The van der Waals surface area contributed by atoms with Gasteiger partial charge in [0, 0.05) is 19.1 Å². The van der Waals surface area contributed by atoms with E-state index in [-0.39, 0.29) is 5.92 Å². The topological polar surface area (TPSA) is 58.2 Å². The quantitative estimate of drug-likeness (QED) is 0.813. The first-order valence-electron chi connectivity index (χ1n) is 7.05. The third-order valence-corrected chi connectivity index (χ3v) is 4.64. The summed E-state index contributed by atoms with van der Waals surface area (Å²) >= 11 is 0. The normalized spacial score (nSPS) is 12.3. The van der Waals surface area contributed by atoms with Gasteiger partial charge in [-0.05, 0) is 30.0 Å². The Morgan fingerprint density at radius 2 is 1.80 bits per heavy atom. The van der Waals surface area contributed by atoms with Crippen molar-refractivity contribution in [3.63, 3.8) is 0 Å². The molecule has 0 bridgehead atoms. The molecule has 0 aliphatic rings. The van der Waals surface area contributed by atoms with E-state index >= 15 is 0 Å². The Bertz CT molecular complexity index is 537. The highest BCUT2D eigenvalue weighted by atomic mass is 32.2. The molecule has 114 valence electrons. The molecule has 0 radical (unpaired) electrons. The molecule has 0 saturated carbocycles. The van der Waals surface area contributed by atoms with Crippen molar-refractivity contribution in [2.75, 3.05) is 6.54 Å². The van der Waals surface area contributed by atoms with Crippen LogP contribution in [0.5, 0.6) is 0 Å². The van der Waals surface area contributed by atoms with Gasteiger partial charge in [-0.25, -0.2) is 13.1 Å². The molecule has 0 saturated heterocycles. The summed E-state index contributed by atoms with van der Waals surface area (Å²) in [4.78, 5) is 0.376. The van der Waals surface area contributed by atoms with E-state index in [0.29, 0.717) is 24.0 Å². The van der Waals surface area contributed by atoms with Crippen LogP contribution in [0.3, 0.4) is 0 Å². The SMILES string of the molecule is Cc1c(CNC(C)C)cccc1S(=O)(=O)NCC(C)C. The molecule has 0 amide bonds. The molecule has 1 aromatic rings. The summed E-state index contributed by atoms with van der Waals surface area (Å²) < 4.78 is 27.3. The van der Waals surface area contributed by atoms with Crippen LogP contribution in [0.25, 0.3) is 0 Å². The van der Waals surface area contributed by atoms with E-state index in [1.54, 1.807) is 12.1 Å². The monoisotopic (exact) mass is 298 g/mol. The molecule has 2 N–H and O–H groups in total. The van der Waals surface area contributed by atoms with E-state index in [1.807, 2.05) is 26.8 Å². The van der Waals surface area contributed by atoms with Crippen LogP contribution in [0.2, 0.25) is 0 Å². The summed E-state index contributed by atoms with van der Waals surface area (Å²) in [7, 11) is -3.42. The van der Waals surface area contributed by atoms with E-state index in [1.165, 1.54) is 0 Å². The van der Waals surface area contributed by atoms with Crippen LogP contribution in [0, 0.1) is 12.8 Å². The third kappa shape index (κ3) is 4.89. The highest BCUT2D eigenvalue weighted by Crippen LogP contribution is 2.19. The van der Waals surface area contributed by atoms with Crippen molar-refractivity contribution in [1.29, 1.82) is 0 Å². The Hall–Kier alpha value is -0.910. The second kappa shape index (κ2) is 7.20. The lowest BCUT2D eigenvalue weighted by atomic mass is 10.1. The standard InChI is InChI=1S/C15H26N2O2S/c1-11(2)9-17-20(18,19)15-8-6-7-14(13(15)5)10-16-12(3)4/h6-8,11-12,16-17H,9-10H2,1-5H3. The van der Waals surface area contributed by atoms with E-state index in [0.717, 1.165) is 11.1 Å². The van der Waals surface area contributed by atoms with Gasteiger partial charge in [-0.2, -0.15) is 0 Å². The van der Waals surface area contributed by atoms with Crippen molar-refractivity contribution in [1.82, 2.24) is 10.0 Å². The number of hydrogen-bond donors (Lipinski definition) is 2. The molecular formula is C15H26N2O2S. The summed E-state index contributed by atoms with van der Waals surface area (Å²) in [5.41, 5.74) is 1.84. The van der Waals surface area contributed by atoms with E-state index < -0.39 is 10.0 Å². The lowest BCUT2D eigenvalue weighted by Crippen LogP contribution is -2.28. The van der Waals surface area contributed by atoms with Gasteiger partial charge in [0.25, 0.3) is 0 Å². The van der Waals surface area contributed by atoms with Gasteiger partial charge in [0.05, 0.1) is 4.90 Å². The maximum Gasteiger partial charge on any atom is 0.240 e. The smallest absolute Gasteiger partial charge is 0.240 e. The first-order chi connectivity index (χ1) is 9.24. The van der Waals surface area contributed by atoms with Gasteiger partial charge < -0.3 is 5.32 Å². The second-order valence-electron chi connectivity index (χ2n) is 5.82. The zero-order valence-corrected chi connectivity index (χ0v) is 13.8. The molecule has 0 unspecified atom stereocenters. The maximum absolute atomic E-state index is 12.3. The van der Waals surface area contributed by atoms with Crippen LogP contribution >= 0.6 is 0 Å². The Labute approximate surface area is 123 Å². The van der Waals surface area contributed by atoms with Crippen LogP contribution in [-0.4, -0.2) is 21.0 Å². The van der Waals surface area contributed by atoms with Crippen LogP contribution in [0.4, 0.5) is 0 Å². The molecule has 0 aromatic heterocycles. The van der Waals surface area contributed by atoms with Crippen molar-refractivity contribution in [3.05, 3.63) is 29.3 Å². The fraction of sp³-hybridized carbons (Fsp3) is 0.600. The average Bonchev–Trinajstić information content (AvgIpc) is 2.35. The molecule has 20 heavy (non-hydrogen) atoms. The van der Waals surface area contributed by atoms with Gasteiger partial charge in [0.15, 0.2) is 0 Å². The molecule has 0 aliphatic carbocycles. The van der Waals surface area contributed by atoms with Gasteiger partial charge in [-0.3, -0.25) is 0 Å². The van der Waals surface area contributed by atoms with Crippen LogP contribution in [0.1, 0.15) is 38.8 Å². The molecule has 0 atom stereocenters. The first kappa shape index (κ1) is 17.1. The van der Waals surface area contributed by atoms with Crippen molar-refractivity contribution >= 4 is 10.0 Å². The van der Waals surface area contributed by atoms with Gasteiger partial charge in [-0.15, -0.1) is 0 Å². The minimum Gasteiger partial charge on any atom is -0.310 e. The van der Waals surface area contributed by atoms with Gasteiger partial charge in [-0.1, -0.05) is 39.8 Å². The minimum atomic E-state index is -3.42. The summed E-state index contributed by atoms with van der Waals surface area (Å²) in [5.74, 6) is 0.288. The second-order valence-corrected chi connectivity index (χ2v) is 7.56. The third-order valence-electron chi connectivity index (χ3n) is 3.07. The highest BCUT2D eigenvalue weighted by molar-refractivity contribution is 7.89. The Balaban J connectivity index is 2.98. The van der Waals surface area contributed by atoms with Gasteiger partial charge in [0.2, 0.25) is 10.0 Å². The number of sulfonamides is 1. The average molecular weight is 298 g/mol. The first-order valence-corrected chi connectivity index (χ1v) is 8.54. The van der Waals surface area contributed by atoms with Crippen molar-refractivity contribution < 1.29 is 8.42 Å². The zero-order valence-electron chi connectivity index (χ0n) is 13.0. The van der Waals surface area contributed by atoms with E-state index in [9.17, 15) is 8.42 Å². The number of nitrogens with one attached hydrogen (secondary N) is 2. The Morgan fingerprint density at radius 3 is 2.35 bits per heavy atom. The summed E-state index contributed by atoms with van der Waals surface area (Å²) in [6.07, 6.45) is 0. The molecule has 1 rings (SSSR count). The molecule has 4 nitrogen and oxygen atoms in total. The van der Waals surface area contributed by atoms with Gasteiger partial charge in [0.1, 0.15) is 0 Å². The lowest BCUT2D eigenvalue weighted by molar-refractivity contribution is 0.558. The molecule has 0 spiro atoms. The lowest BCUT2D eigenvalue weighted by Gasteiger charge is -2.15.